The van der Waals surface area contributed by atoms with Gasteiger partial charge in [0.15, 0.2) is 0 Å². The zero-order chi connectivity index (χ0) is 29.3. The van der Waals surface area contributed by atoms with Crippen molar-refractivity contribution in [3.8, 4) is 0 Å². The Morgan fingerprint density at radius 2 is 1.52 bits per heavy atom. The van der Waals surface area contributed by atoms with Gasteiger partial charge >= 0.3 is 0 Å². The minimum Gasteiger partial charge on any atom is -0.352 e. The highest BCUT2D eigenvalue weighted by Crippen LogP contribution is 2.33. The van der Waals surface area contributed by atoms with Gasteiger partial charge in [-0.25, -0.2) is 8.42 Å². The number of anilines is 1. The van der Waals surface area contributed by atoms with Crippen LogP contribution in [0.3, 0.4) is 0 Å². The van der Waals surface area contributed by atoms with Crippen LogP contribution < -0.4 is 9.62 Å². The Labute approximate surface area is 247 Å². The van der Waals surface area contributed by atoms with E-state index in [1.807, 2.05) is 51.1 Å². The van der Waals surface area contributed by atoms with Crippen molar-refractivity contribution in [1.29, 1.82) is 0 Å². The van der Waals surface area contributed by atoms with E-state index in [1.165, 1.54) is 29.2 Å². The molecule has 3 aromatic carbocycles. The predicted octanol–water partition coefficient (Wildman–Crippen LogP) is 5.95. The average Bonchev–Trinajstić information content (AvgIpc) is 2.95. The number of amides is 2. The van der Waals surface area contributed by atoms with E-state index in [1.54, 1.807) is 24.3 Å². The molecule has 1 N–H and O–H groups in total. The maximum Gasteiger partial charge on any atom is 0.264 e. The van der Waals surface area contributed by atoms with Gasteiger partial charge in [-0.1, -0.05) is 85.6 Å². The molecule has 7 nitrogen and oxygen atoms in total. The molecule has 0 aliphatic rings. The van der Waals surface area contributed by atoms with Crippen molar-refractivity contribution in [3.05, 3.63) is 94.5 Å². The van der Waals surface area contributed by atoms with Crippen molar-refractivity contribution in [2.24, 2.45) is 0 Å². The van der Waals surface area contributed by atoms with Crippen molar-refractivity contribution in [1.82, 2.24) is 10.2 Å². The van der Waals surface area contributed by atoms with Gasteiger partial charge in [-0.3, -0.25) is 13.9 Å². The van der Waals surface area contributed by atoms with Crippen molar-refractivity contribution in [3.63, 3.8) is 0 Å². The smallest absolute Gasteiger partial charge is 0.264 e. The zero-order valence-electron chi connectivity index (χ0n) is 22.9. The fraction of sp³-hybridized carbons (Fsp3) is 0.333. The van der Waals surface area contributed by atoms with Crippen LogP contribution >= 0.6 is 23.2 Å². The van der Waals surface area contributed by atoms with Gasteiger partial charge < -0.3 is 10.2 Å². The summed E-state index contributed by atoms with van der Waals surface area (Å²) in [6, 6.07) is 21.0. The molecule has 0 radical (unpaired) electrons. The SMILES string of the molecule is CC[C@H](C)NC(=O)[C@H](CC)N(CCc1ccccc1)C(=O)CN(c1cc(Cl)ccc1Cl)S(=O)(=O)c1ccccc1. The molecule has 10 heteroatoms. The van der Waals surface area contributed by atoms with E-state index in [0.29, 0.717) is 12.8 Å². The second kappa shape index (κ2) is 14.5. The molecule has 0 unspecified atom stereocenters. The van der Waals surface area contributed by atoms with Crippen LogP contribution in [0.4, 0.5) is 5.69 Å². The van der Waals surface area contributed by atoms with Crippen LogP contribution in [0.2, 0.25) is 10.0 Å². The number of nitrogens with zero attached hydrogens (tertiary/aromatic N) is 2. The summed E-state index contributed by atoms with van der Waals surface area (Å²) in [6.07, 6.45) is 1.58. The van der Waals surface area contributed by atoms with Crippen molar-refractivity contribution in [2.45, 2.75) is 57.0 Å². The molecule has 214 valence electrons. The third kappa shape index (κ3) is 7.99. The molecule has 2 amide bonds. The Bertz CT molecular complexity index is 1390. The molecule has 0 aromatic heterocycles. The molecule has 0 saturated heterocycles. The molecule has 0 aliphatic heterocycles. The number of halogens is 2. The van der Waals surface area contributed by atoms with Gasteiger partial charge in [0.05, 0.1) is 15.6 Å². The van der Waals surface area contributed by atoms with Crippen LogP contribution in [0.25, 0.3) is 0 Å². The fourth-order valence-electron chi connectivity index (χ4n) is 4.25. The summed E-state index contributed by atoms with van der Waals surface area (Å²) >= 11 is 12.7. The molecule has 3 rings (SSSR count). The minimum absolute atomic E-state index is 0.00349. The first-order valence-electron chi connectivity index (χ1n) is 13.2. The Balaban J connectivity index is 2.04. The first-order chi connectivity index (χ1) is 19.1. The van der Waals surface area contributed by atoms with Crippen LogP contribution in [0.15, 0.2) is 83.8 Å². The Morgan fingerprint density at radius 1 is 0.900 bits per heavy atom. The van der Waals surface area contributed by atoms with Crippen LogP contribution in [0, 0.1) is 0 Å². The molecule has 0 bridgehead atoms. The molecule has 0 saturated carbocycles. The molecule has 40 heavy (non-hydrogen) atoms. The number of nitrogens with one attached hydrogen (secondary N) is 1. The van der Waals surface area contributed by atoms with Gasteiger partial charge in [-0.05, 0) is 62.1 Å². The van der Waals surface area contributed by atoms with Crippen LogP contribution in [0.1, 0.15) is 39.2 Å². The average molecular weight is 605 g/mol. The van der Waals surface area contributed by atoms with Crippen molar-refractivity contribution < 1.29 is 18.0 Å². The van der Waals surface area contributed by atoms with Crippen LogP contribution in [0.5, 0.6) is 0 Å². The number of sulfonamides is 1. The third-order valence-electron chi connectivity index (χ3n) is 6.66. The van der Waals surface area contributed by atoms with Gasteiger partial charge in [0.2, 0.25) is 11.8 Å². The highest BCUT2D eigenvalue weighted by Gasteiger charge is 2.34. The van der Waals surface area contributed by atoms with E-state index in [9.17, 15) is 18.0 Å². The summed E-state index contributed by atoms with van der Waals surface area (Å²) in [5.74, 6) is -0.811. The summed E-state index contributed by atoms with van der Waals surface area (Å²) in [7, 11) is -4.22. The van der Waals surface area contributed by atoms with E-state index in [2.05, 4.69) is 5.32 Å². The molecular formula is C30H35Cl2N3O4S. The largest absolute Gasteiger partial charge is 0.352 e. The number of benzene rings is 3. The van der Waals surface area contributed by atoms with Crippen LogP contribution in [-0.2, 0) is 26.0 Å². The van der Waals surface area contributed by atoms with Gasteiger partial charge in [0.25, 0.3) is 10.0 Å². The monoisotopic (exact) mass is 603 g/mol. The summed E-state index contributed by atoms with van der Waals surface area (Å²) < 4.78 is 28.7. The molecule has 0 spiro atoms. The molecule has 0 fully saturated rings. The maximum atomic E-state index is 14.0. The lowest BCUT2D eigenvalue weighted by molar-refractivity contribution is -0.139. The first-order valence-corrected chi connectivity index (χ1v) is 15.4. The van der Waals surface area contributed by atoms with Gasteiger partial charge in [0, 0.05) is 17.6 Å². The summed E-state index contributed by atoms with van der Waals surface area (Å²) in [6.45, 7) is 5.34. The summed E-state index contributed by atoms with van der Waals surface area (Å²) in [5, 5.41) is 3.35. The maximum absolute atomic E-state index is 14.0. The quantitative estimate of drug-likeness (QED) is 0.261. The van der Waals surface area contributed by atoms with Gasteiger partial charge in [-0.15, -0.1) is 0 Å². The predicted molar refractivity (Wildman–Crippen MR) is 161 cm³/mol. The molecule has 0 aliphatic carbocycles. The van der Waals surface area contributed by atoms with Gasteiger partial charge in [-0.2, -0.15) is 0 Å². The van der Waals surface area contributed by atoms with Crippen molar-refractivity contribution in [2.75, 3.05) is 17.4 Å². The number of hydrogen-bond donors (Lipinski definition) is 1. The number of hydrogen-bond acceptors (Lipinski definition) is 4. The number of rotatable bonds is 13. The third-order valence-corrected chi connectivity index (χ3v) is 8.99. The standard InChI is InChI=1S/C30H35Cl2N3O4S/c1-4-22(3)33-30(37)27(5-2)34(19-18-23-12-8-6-9-13-23)29(36)21-35(28-20-24(31)16-17-26(28)32)40(38,39)25-14-10-7-11-15-25/h6-17,20,22,27H,4-5,18-19,21H2,1-3H3,(H,33,37)/t22-,27-/m0/s1. The second-order valence-corrected chi connectivity index (χ2v) is 12.2. The lowest BCUT2D eigenvalue weighted by Gasteiger charge is -2.34. The molecule has 3 aromatic rings. The second-order valence-electron chi connectivity index (χ2n) is 9.49. The Morgan fingerprint density at radius 3 is 2.12 bits per heavy atom. The molecular weight excluding hydrogens is 569 g/mol. The van der Waals surface area contributed by atoms with Crippen LogP contribution in [-0.4, -0.2) is 50.3 Å². The lowest BCUT2D eigenvalue weighted by Crippen LogP contribution is -2.54. The highest BCUT2D eigenvalue weighted by molar-refractivity contribution is 7.92. The van der Waals surface area contributed by atoms with E-state index in [4.69, 9.17) is 23.2 Å². The number of carbonyl (C=O) groups excluding carboxylic acids is 2. The van der Waals surface area contributed by atoms with E-state index >= 15 is 0 Å². The Kier molecular flexibility index (Phi) is 11.4. The zero-order valence-corrected chi connectivity index (χ0v) is 25.2. The Hall–Kier alpha value is -3.07. The lowest BCUT2D eigenvalue weighted by atomic mass is 10.1. The normalized spacial score (nSPS) is 12.8. The van der Waals surface area contributed by atoms with Gasteiger partial charge in [0.1, 0.15) is 12.6 Å². The summed E-state index contributed by atoms with van der Waals surface area (Å²) in [5.41, 5.74) is 1.07. The molecule has 2 atom stereocenters. The summed E-state index contributed by atoms with van der Waals surface area (Å²) in [4.78, 5) is 28.8. The van der Waals surface area contributed by atoms with Crippen molar-refractivity contribution >= 4 is 50.7 Å². The van der Waals surface area contributed by atoms with E-state index < -0.39 is 28.5 Å². The fourth-order valence-corrected chi connectivity index (χ4v) is 6.13. The topological polar surface area (TPSA) is 86.8 Å². The minimum atomic E-state index is -4.22. The first kappa shape index (κ1) is 31.5. The highest BCUT2D eigenvalue weighted by atomic mass is 35.5. The molecule has 0 heterocycles. The van der Waals surface area contributed by atoms with E-state index in [-0.39, 0.29) is 39.1 Å². The van der Waals surface area contributed by atoms with E-state index in [0.717, 1.165) is 16.3 Å². The number of carbonyl (C=O) groups is 2.